The van der Waals surface area contributed by atoms with Gasteiger partial charge in [0.05, 0.1) is 7.11 Å². The lowest BCUT2D eigenvalue weighted by Gasteiger charge is -2.66. The maximum atomic E-state index is 13.7. The molecule has 7 rings (SSSR count). The average Bonchev–Trinajstić information content (AvgIpc) is 3.32. The third-order valence-electron chi connectivity index (χ3n) is 10.5. The number of piperidine rings is 1. The van der Waals surface area contributed by atoms with Crippen LogP contribution in [-0.2, 0) is 11.8 Å². The van der Waals surface area contributed by atoms with Gasteiger partial charge in [0, 0.05) is 42.7 Å². The second kappa shape index (κ2) is 7.32. The molecule has 2 N–H and O–H groups in total. The van der Waals surface area contributed by atoms with Crippen LogP contribution < -0.4 is 10.5 Å². The second-order valence-electron chi connectivity index (χ2n) is 11.4. The number of nitrogens with two attached hydrogens (primary N) is 1. The molecule has 4 fully saturated rings. The molecule has 2 saturated carbocycles. The predicted octanol–water partition coefficient (Wildman–Crippen LogP) is 3.46. The maximum absolute atomic E-state index is 13.7. The average molecular weight is 458 g/mol. The Morgan fingerprint density at radius 2 is 2.03 bits per heavy atom. The van der Waals surface area contributed by atoms with Crippen LogP contribution in [0.4, 0.5) is 0 Å². The van der Waals surface area contributed by atoms with Gasteiger partial charge in [-0.05, 0) is 91.3 Å². The van der Waals surface area contributed by atoms with E-state index >= 15 is 0 Å². The highest BCUT2D eigenvalue weighted by molar-refractivity contribution is 5.94. The van der Waals surface area contributed by atoms with E-state index in [1.807, 2.05) is 30.3 Å². The van der Waals surface area contributed by atoms with Gasteiger partial charge in [-0.2, -0.15) is 0 Å². The molecule has 2 aromatic carbocycles. The third-order valence-corrected chi connectivity index (χ3v) is 10.5. The molecule has 6 atom stereocenters. The first-order chi connectivity index (χ1) is 16.6. The van der Waals surface area contributed by atoms with Crippen LogP contribution in [0.2, 0.25) is 0 Å². The van der Waals surface area contributed by atoms with Crippen molar-refractivity contribution in [2.24, 2.45) is 23.0 Å². The van der Waals surface area contributed by atoms with Gasteiger partial charge in [0.25, 0.3) is 5.91 Å². The third kappa shape index (κ3) is 2.45. The van der Waals surface area contributed by atoms with Crippen molar-refractivity contribution >= 4 is 5.91 Å². The Kier molecular flexibility index (Phi) is 4.51. The first kappa shape index (κ1) is 21.0. The normalized spacial score (nSPS) is 37.3. The molecule has 5 heteroatoms. The molecule has 2 aromatic rings. The number of nitrogens with zero attached hydrogens (tertiary/aromatic N) is 2. The molecule has 1 amide bonds. The minimum atomic E-state index is 0.143. The number of methoxy groups -OCH3 is 1. The molecule has 0 unspecified atom stereocenters. The fourth-order valence-electron chi connectivity index (χ4n) is 9.63. The Morgan fingerprint density at radius 3 is 2.82 bits per heavy atom. The summed E-state index contributed by atoms with van der Waals surface area (Å²) in [5.74, 6) is 2.32. The van der Waals surface area contributed by atoms with E-state index in [2.05, 4.69) is 28.0 Å². The highest BCUT2D eigenvalue weighted by Crippen LogP contribution is 2.75. The Bertz CT molecular complexity index is 1140. The van der Waals surface area contributed by atoms with Crippen molar-refractivity contribution in [2.45, 2.75) is 49.6 Å². The minimum Gasteiger partial charge on any atom is -0.497 e. The topological polar surface area (TPSA) is 58.8 Å². The summed E-state index contributed by atoms with van der Waals surface area (Å²) in [5, 5.41) is 0. The zero-order valence-corrected chi connectivity index (χ0v) is 20.1. The van der Waals surface area contributed by atoms with Gasteiger partial charge in [-0.25, -0.2) is 0 Å². The molecule has 0 aromatic heterocycles. The fourth-order valence-corrected chi connectivity index (χ4v) is 9.63. The molecule has 2 heterocycles. The summed E-state index contributed by atoms with van der Waals surface area (Å²) in [7, 11) is 1.78. The number of rotatable bonds is 4. The van der Waals surface area contributed by atoms with E-state index < -0.39 is 0 Å². The monoisotopic (exact) mass is 457 g/mol. The molecule has 2 saturated heterocycles. The van der Waals surface area contributed by atoms with E-state index in [1.54, 1.807) is 12.7 Å². The molecule has 2 aliphatic heterocycles. The zero-order chi connectivity index (χ0) is 23.1. The Morgan fingerprint density at radius 1 is 1.18 bits per heavy atom. The van der Waals surface area contributed by atoms with Crippen LogP contribution in [-0.4, -0.2) is 61.1 Å². The molecule has 0 spiro atoms. The number of ether oxygens (including phenoxy) is 1. The standard InChI is InChI=1S/C29H35N3O2/c1-34-22-8-7-20-15-25-28-10-9-24-26(29(28,23(20)16-22)11-13-31(25)14-12-30)21(17-28)18-32(24)27(33)19-5-3-2-4-6-19/h2-8,16,21,24-26H,9-15,17-18,30H2,1H3/t21-,24-,25-,26-,28-,29+/m1/s1. The summed E-state index contributed by atoms with van der Waals surface area (Å²) in [6, 6.07) is 17.6. The van der Waals surface area contributed by atoms with E-state index in [0.29, 0.717) is 29.3 Å². The van der Waals surface area contributed by atoms with Crippen molar-refractivity contribution < 1.29 is 9.53 Å². The first-order valence-corrected chi connectivity index (χ1v) is 13.1. The summed E-state index contributed by atoms with van der Waals surface area (Å²) in [6.07, 6.45) is 5.89. The van der Waals surface area contributed by atoms with Crippen LogP contribution in [0.25, 0.3) is 0 Å². The number of hydrogen-bond acceptors (Lipinski definition) is 4. The molecular formula is C29H35N3O2. The van der Waals surface area contributed by atoms with Gasteiger partial charge in [0.15, 0.2) is 0 Å². The van der Waals surface area contributed by atoms with Gasteiger partial charge in [-0.1, -0.05) is 24.3 Å². The Hall–Kier alpha value is -2.37. The van der Waals surface area contributed by atoms with Crippen LogP contribution in [0, 0.1) is 17.3 Å². The zero-order valence-electron chi connectivity index (χ0n) is 20.1. The van der Waals surface area contributed by atoms with Gasteiger partial charge in [0.2, 0.25) is 0 Å². The van der Waals surface area contributed by atoms with E-state index in [-0.39, 0.29) is 11.3 Å². The molecule has 5 nitrogen and oxygen atoms in total. The van der Waals surface area contributed by atoms with Crippen molar-refractivity contribution in [1.82, 2.24) is 9.80 Å². The summed E-state index contributed by atoms with van der Waals surface area (Å²) in [6.45, 7) is 3.74. The summed E-state index contributed by atoms with van der Waals surface area (Å²) in [5.41, 5.74) is 10.4. The number of benzene rings is 2. The molecule has 34 heavy (non-hydrogen) atoms. The van der Waals surface area contributed by atoms with Gasteiger partial charge >= 0.3 is 0 Å². The van der Waals surface area contributed by atoms with E-state index in [4.69, 9.17) is 10.5 Å². The number of amides is 1. The van der Waals surface area contributed by atoms with Crippen molar-refractivity contribution in [3.63, 3.8) is 0 Å². The molecule has 178 valence electrons. The number of carbonyl (C=O) groups excluding carboxylic acids is 1. The Balaban J connectivity index is 1.36. The molecule has 5 aliphatic rings. The molecular weight excluding hydrogens is 422 g/mol. The van der Waals surface area contributed by atoms with Gasteiger partial charge in [0.1, 0.15) is 5.75 Å². The Labute approximate surface area is 202 Å². The van der Waals surface area contributed by atoms with Crippen LogP contribution in [0.1, 0.15) is 47.2 Å². The lowest BCUT2D eigenvalue weighted by Crippen LogP contribution is -2.70. The van der Waals surface area contributed by atoms with Crippen molar-refractivity contribution in [3.8, 4) is 5.75 Å². The first-order valence-electron chi connectivity index (χ1n) is 13.1. The van der Waals surface area contributed by atoms with Crippen molar-refractivity contribution in [2.75, 3.05) is 33.3 Å². The second-order valence-corrected chi connectivity index (χ2v) is 11.4. The molecule has 3 aliphatic carbocycles. The highest BCUT2D eigenvalue weighted by Gasteiger charge is 2.76. The van der Waals surface area contributed by atoms with Gasteiger partial charge < -0.3 is 15.4 Å². The smallest absolute Gasteiger partial charge is 0.254 e. The quantitative estimate of drug-likeness (QED) is 0.764. The fraction of sp³-hybridized carbons (Fsp3) is 0.552. The number of carbonyl (C=O) groups is 1. The van der Waals surface area contributed by atoms with Crippen molar-refractivity contribution in [1.29, 1.82) is 0 Å². The molecule has 0 radical (unpaired) electrons. The van der Waals surface area contributed by atoms with Gasteiger partial charge in [-0.15, -0.1) is 0 Å². The van der Waals surface area contributed by atoms with Crippen LogP contribution in [0.5, 0.6) is 5.75 Å². The van der Waals surface area contributed by atoms with E-state index in [1.165, 1.54) is 24.8 Å². The highest BCUT2D eigenvalue weighted by atomic mass is 16.5. The minimum absolute atomic E-state index is 0.143. The molecule has 4 bridgehead atoms. The predicted molar refractivity (Wildman–Crippen MR) is 132 cm³/mol. The van der Waals surface area contributed by atoms with Crippen LogP contribution in [0.3, 0.4) is 0 Å². The van der Waals surface area contributed by atoms with Crippen molar-refractivity contribution in [3.05, 3.63) is 65.2 Å². The summed E-state index contributed by atoms with van der Waals surface area (Å²) < 4.78 is 5.74. The number of hydrogen-bond donors (Lipinski definition) is 1. The van der Waals surface area contributed by atoms with E-state index in [0.717, 1.165) is 50.3 Å². The number of fused-ring (bicyclic) bond motifs is 1. The SMILES string of the molecule is COc1ccc2c(c1)[C@]13CCN(CCN)[C@H](C2)[C@]12CC[C@@H]1[C@H]3[C@@H](CN1C(=O)c1ccccc1)C2. The van der Waals surface area contributed by atoms with Crippen LogP contribution in [0.15, 0.2) is 48.5 Å². The summed E-state index contributed by atoms with van der Waals surface area (Å²) in [4.78, 5) is 18.6. The van der Waals surface area contributed by atoms with Gasteiger partial charge in [-0.3, -0.25) is 9.69 Å². The van der Waals surface area contributed by atoms with Crippen LogP contribution >= 0.6 is 0 Å². The largest absolute Gasteiger partial charge is 0.497 e. The number of likely N-dealkylation sites (tertiary alicyclic amines) is 2. The maximum Gasteiger partial charge on any atom is 0.254 e. The lowest BCUT2D eigenvalue weighted by atomic mass is 9.43. The summed E-state index contributed by atoms with van der Waals surface area (Å²) >= 11 is 0. The lowest BCUT2D eigenvalue weighted by molar-refractivity contribution is -0.0997. The van der Waals surface area contributed by atoms with E-state index in [9.17, 15) is 4.79 Å².